The van der Waals surface area contributed by atoms with Crippen molar-refractivity contribution in [3.63, 3.8) is 0 Å². The van der Waals surface area contributed by atoms with Gasteiger partial charge in [-0.25, -0.2) is 0 Å². The molecule has 0 saturated carbocycles. The van der Waals surface area contributed by atoms with Gasteiger partial charge < -0.3 is 15.2 Å². The number of hydrogen-bond donors (Lipinski definition) is 1. The Morgan fingerprint density at radius 1 is 1.11 bits per heavy atom. The Kier molecular flexibility index (Phi) is 5.45. The summed E-state index contributed by atoms with van der Waals surface area (Å²) >= 11 is 0. The summed E-state index contributed by atoms with van der Waals surface area (Å²) < 4.78 is 39.1. The number of aromatic nitrogens is 4. The van der Waals surface area contributed by atoms with Gasteiger partial charge in [-0.3, -0.25) is 4.68 Å². The third-order valence-corrected chi connectivity index (χ3v) is 5.73. The van der Waals surface area contributed by atoms with E-state index >= 15 is 0 Å². The largest absolute Gasteiger partial charge is 0.435 e. The minimum Gasteiger partial charge on any atom is -0.435 e. The zero-order valence-corrected chi connectivity index (χ0v) is 18.8. The van der Waals surface area contributed by atoms with E-state index in [2.05, 4.69) is 15.9 Å². The van der Waals surface area contributed by atoms with E-state index in [1.54, 1.807) is 28.5 Å². The molecule has 2 N–H and O–H groups in total. The highest BCUT2D eigenvalue weighted by atomic mass is 19.3. The molecule has 1 unspecified atom stereocenters. The molecule has 2 aromatic heterocycles. The Bertz CT molecular complexity index is 1470. The molecule has 35 heavy (non-hydrogen) atoms. The minimum atomic E-state index is -2.94. The van der Waals surface area contributed by atoms with Crippen molar-refractivity contribution in [1.29, 1.82) is 5.26 Å². The van der Waals surface area contributed by atoms with Crippen molar-refractivity contribution in [2.45, 2.75) is 19.5 Å². The van der Waals surface area contributed by atoms with E-state index in [4.69, 9.17) is 15.6 Å². The molecule has 0 saturated heterocycles. The van der Waals surface area contributed by atoms with E-state index in [-0.39, 0.29) is 17.2 Å². The maximum Gasteiger partial charge on any atom is 0.387 e. The van der Waals surface area contributed by atoms with Gasteiger partial charge in [-0.2, -0.15) is 28.9 Å². The Labute approximate surface area is 199 Å². The van der Waals surface area contributed by atoms with Crippen molar-refractivity contribution < 1.29 is 18.3 Å². The second kappa shape index (κ2) is 8.61. The highest BCUT2D eigenvalue weighted by molar-refractivity contribution is 5.70. The van der Waals surface area contributed by atoms with Crippen LogP contribution in [0.15, 0.2) is 72.1 Å². The second-order valence-corrected chi connectivity index (χ2v) is 7.98. The van der Waals surface area contributed by atoms with Crippen LogP contribution < -0.4 is 15.2 Å². The van der Waals surface area contributed by atoms with E-state index in [9.17, 15) is 14.0 Å². The lowest BCUT2D eigenvalue weighted by molar-refractivity contribution is -0.0498. The first-order valence-corrected chi connectivity index (χ1v) is 10.7. The van der Waals surface area contributed by atoms with Crippen LogP contribution in [-0.2, 0) is 7.05 Å². The number of nitrogens with two attached hydrogens (primary N) is 1. The molecule has 5 rings (SSSR count). The van der Waals surface area contributed by atoms with Crippen LogP contribution in [0.5, 0.6) is 11.6 Å². The topological polar surface area (TPSA) is 104 Å². The van der Waals surface area contributed by atoms with Crippen molar-refractivity contribution in [3.8, 4) is 34.8 Å². The van der Waals surface area contributed by atoms with Crippen LogP contribution in [-0.4, -0.2) is 26.2 Å². The van der Waals surface area contributed by atoms with Crippen LogP contribution >= 0.6 is 0 Å². The van der Waals surface area contributed by atoms with Gasteiger partial charge in [0.1, 0.15) is 23.1 Å². The Balaban J connectivity index is 1.77. The Morgan fingerprint density at radius 2 is 1.83 bits per heavy atom. The van der Waals surface area contributed by atoms with Gasteiger partial charge in [-0.05, 0) is 42.8 Å². The minimum absolute atomic E-state index is 0.00829. The summed E-state index contributed by atoms with van der Waals surface area (Å²) in [6, 6.07) is 19.5. The molecule has 1 atom stereocenters. The smallest absolute Gasteiger partial charge is 0.387 e. The van der Waals surface area contributed by atoms with Crippen LogP contribution in [0.1, 0.15) is 22.7 Å². The molecule has 0 aliphatic carbocycles. The maximum atomic E-state index is 12.7. The van der Waals surface area contributed by atoms with E-state index in [1.165, 1.54) is 12.1 Å². The van der Waals surface area contributed by atoms with E-state index in [0.29, 0.717) is 22.7 Å². The second-order valence-electron chi connectivity index (χ2n) is 7.98. The standard InChI is InChI=1S/C25H20F2N6O2/c1-14-12-19(32(2)30-14)22-21-20(15-8-10-17(11-9-15)34-25(26)27)18(13-28)23(29)35-24(21)33(31-22)16-6-4-3-5-7-16/h3-12,20,25H,29H2,1-2H3. The van der Waals surface area contributed by atoms with Crippen molar-refractivity contribution in [1.82, 2.24) is 19.6 Å². The number of allylic oxidation sites excluding steroid dienone is 1. The monoisotopic (exact) mass is 474 g/mol. The van der Waals surface area contributed by atoms with Gasteiger partial charge in [0.2, 0.25) is 11.8 Å². The molecular weight excluding hydrogens is 454 g/mol. The van der Waals surface area contributed by atoms with Crippen molar-refractivity contribution in [3.05, 3.63) is 88.9 Å². The fourth-order valence-electron chi connectivity index (χ4n) is 4.28. The predicted octanol–water partition coefficient (Wildman–Crippen LogP) is 4.40. The summed E-state index contributed by atoms with van der Waals surface area (Å²) in [5, 5.41) is 19.3. The third-order valence-electron chi connectivity index (χ3n) is 5.73. The molecule has 1 aliphatic heterocycles. The number of alkyl halides is 2. The Hall–Kier alpha value is -4.65. The number of fused-ring (bicyclic) bond motifs is 1. The first-order chi connectivity index (χ1) is 16.9. The summed E-state index contributed by atoms with van der Waals surface area (Å²) in [5.74, 6) is -0.344. The number of benzene rings is 2. The van der Waals surface area contributed by atoms with Crippen LogP contribution in [0.4, 0.5) is 8.78 Å². The van der Waals surface area contributed by atoms with Gasteiger partial charge >= 0.3 is 6.61 Å². The van der Waals surface area contributed by atoms with Crippen molar-refractivity contribution >= 4 is 0 Å². The number of nitrogens with zero attached hydrogens (tertiary/aromatic N) is 5. The van der Waals surface area contributed by atoms with Crippen LogP contribution in [0.3, 0.4) is 0 Å². The van der Waals surface area contributed by atoms with Gasteiger partial charge in [0.25, 0.3) is 0 Å². The molecule has 176 valence electrons. The number of aryl methyl sites for hydroxylation is 2. The number of hydrogen-bond acceptors (Lipinski definition) is 6. The zero-order valence-electron chi connectivity index (χ0n) is 18.8. The van der Waals surface area contributed by atoms with Gasteiger partial charge in [0, 0.05) is 7.05 Å². The molecule has 10 heteroatoms. The summed E-state index contributed by atoms with van der Waals surface area (Å²) in [6.07, 6.45) is 0. The first-order valence-electron chi connectivity index (χ1n) is 10.7. The highest BCUT2D eigenvalue weighted by Gasteiger charge is 2.38. The molecule has 0 bridgehead atoms. The summed E-state index contributed by atoms with van der Waals surface area (Å²) in [4.78, 5) is 0. The van der Waals surface area contributed by atoms with Gasteiger partial charge in [0.05, 0.1) is 28.6 Å². The molecule has 8 nitrogen and oxygen atoms in total. The average Bonchev–Trinajstić information content (AvgIpc) is 3.37. The molecule has 0 radical (unpaired) electrons. The number of rotatable bonds is 5. The lowest BCUT2D eigenvalue weighted by atomic mass is 9.83. The summed E-state index contributed by atoms with van der Waals surface area (Å²) in [6.45, 7) is -1.07. The predicted molar refractivity (Wildman–Crippen MR) is 123 cm³/mol. The van der Waals surface area contributed by atoms with E-state index in [1.807, 2.05) is 43.3 Å². The number of halogens is 2. The lowest BCUT2D eigenvalue weighted by Crippen LogP contribution is -2.22. The fraction of sp³-hybridized carbons (Fsp3) is 0.160. The third kappa shape index (κ3) is 3.87. The summed E-state index contributed by atoms with van der Waals surface area (Å²) in [5.41, 5.74) is 10.5. The molecular formula is C25H20F2N6O2. The molecule has 0 spiro atoms. The number of ether oxygens (including phenoxy) is 2. The summed E-state index contributed by atoms with van der Waals surface area (Å²) in [7, 11) is 1.81. The lowest BCUT2D eigenvalue weighted by Gasteiger charge is -2.25. The SMILES string of the molecule is Cc1cc(-c2nn(-c3ccccc3)c3c2C(c2ccc(OC(F)F)cc2)C(C#N)=C(N)O3)n(C)n1. The van der Waals surface area contributed by atoms with Crippen molar-refractivity contribution in [2.24, 2.45) is 12.8 Å². The highest BCUT2D eigenvalue weighted by Crippen LogP contribution is 2.47. The van der Waals surface area contributed by atoms with Gasteiger partial charge in [-0.1, -0.05) is 30.3 Å². The quantitative estimate of drug-likeness (QED) is 0.460. The van der Waals surface area contributed by atoms with Crippen LogP contribution in [0.2, 0.25) is 0 Å². The maximum absolute atomic E-state index is 12.7. The molecule has 4 aromatic rings. The van der Waals surface area contributed by atoms with E-state index < -0.39 is 12.5 Å². The fourth-order valence-corrected chi connectivity index (χ4v) is 4.28. The Morgan fingerprint density at radius 3 is 2.43 bits per heavy atom. The van der Waals surface area contributed by atoms with Crippen LogP contribution in [0, 0.1) is 18.3 Å². The van der Waals surface area contributed by atoms with E-state index in [0.717, 1.165) is 17.1 Å². The number of para-hydroxylation sites is 1. The van der Waals surface area contributed by atoms with Gasteiger partial charge in [-0.15, -0.1) is 0 Å². The van der Waals surface area contributed by atoms with Crippen molar-refractivity contribution in [2.75, 3.05) is 0 Å². The molecule has 1 aliphatic rings. The molecule has 0 fully saturated rings. The average molecular weight is 474 g/mol. The number of nitriles is 1. The zero-order chi connectivity index (χ0) is 24.7. The molecule has 2 aromatic carbocycles. The molecule has 0 amide bonds. The normalized spacial score (nSPS) is 15.0. The van der Waals surface area contributed by atoms with Crippen LogP contribution in [0.25, 0.3) is 17.1 Å². The van der Waals surface area contributed by atoms with Gasteiger partial charge in [0.15, 0.2) is 0 Å². The molecule has 3 heterocycles. The first kappa shape index (κ1) is 22.2.